The number of aromatic nitrogens is 1. The summed E-state index contributed by atoms with van der Waals surface area (Å²) in [5, 5.41) is 0.900. The SMILES string of the molecule is COC(=O)[C@@H](OC(C)(C)C)c1c(C)c2c3c(cc(C)n3CCN2S(=O)(=O)CCSI)c1-c1ccc(C)cc1. The van der Waals surface area contributed by atoms with Crippen molar-refractivity contribution in [2.45, 2.75) is 59.8 Å². The van der Waals surface area contributed by atoms with E-state index in [4.69, 9.17) is 9.47 Å². The molecule has 206 valence electrons. The highest BCUT2D eigenvalue weighted by atomic mass is 127. The molecule has 0 N–H and O–H groups in total. The predicted octanol–water partition coefficient (Wildman–Crippen LogP) is 6.50. The number of methoxy groups -OCH3 is 1. The normalized spacial score (nSPS) is 14.7. The van der Waals surface area contributed by atoms with E-state index in [2.05, 4.69) is 31.8 Å². The first kappa shape index (κ1) is 29.2. The Balaban J connectivity index is 2.16. The Morgan fingerprint density at radius 3 is 2.37 bits per heavy atom. The van der Waals surface area contributed by atoms with E-state index >= 15 is 0 Å². The molecule has 0 fully saturated rings. The van der Waals surface area contributed by atoms with Gasteiger partial charge in [0.05, 0.1) is 36.2 Å². The molecule has 1 atom stereocenters. The van der Waals surface area contributed by atoms with Crippen LogP contribution in [0.1, 0.15) is 49.3 Å². The van der Waals surface area contributed by atoms with Gasteiger partial charge >= 0.3 is 5.97 Å². The molecule has 0 aliphatic carbocycles. The van der Waals surface area contributed by atoms with E-state index in [0.717, 1.165) is 33.3 Å². The van der Waals surface area contributed by atoms with Crippen LogP contribution in [0.15, 0.2) is 30.3 Å². The van der Waals surface area contributed by atoms with Crippen molar-refractivity contribution in [1.82, 2.24) is 4.57 Å². The van der Waals surface area contributed by atoms with Gasteiger partial charge < -0.3 is 14.0 Å². The molecule has 10 heteroatoms. The van der Waals surface area contributed by atoms with E-state index in [0.29, 0.717) is 35.7 Å². The van der Waals surface area contributed by atoms with Crippen molar-refractivity contribution in [3.05, 3.63) is 52.7 Å². The van der Waals surface area contributed by atoms with Crippen LogP contribution >= 0.6 is 30.1 Å². The van der Waals surface area contributed by atoms with Crippen molar-refractivity contribution in [3.8, 4) is 11.1 Å². The Morgan fingerprint density at radius 2 is 1.79 bits per heavy atom. The van der Waals surface area contributed by atoms with Crippen LogP contribution in [-0.4, -0.2) is 49.7 Å². The van der Waals surface area contributed by atoms with E-state index in [-0.39, 0.29) is 5.75 Å². The number of aryl methyl sites for hydroxylation is 2. The van der Waals surface area contributed by atoms with E-state index in [9.17, 15) is 13.2 Å². The summed E-state index contributed by atoms with van der Waals surface area (Å²) in [4.78, 5) is 13.3. The number of hydrogen-bond donors (Lipinski definition) is 0. The van der Waals surface area contributed by atoms with Crippen molar-refractivity contribution in [2.75, 3.05) is 29.5 Å². The van der Waals surface area contributed by atoms with Crippen LogP contribution in [0.4, 0.5) is 5.69 Å². The first-order valence-electron chi connectivity index (χ1n) is 12.5. The fraction of sp³-hybridized carbons (Fsp3) is 0.464. The number of carbonyl (C=O) groups is 1. The van der Waals surface area contributed by atoms with Gasteiger partial charge in [0.2, 0.25) is 10.0 Å². The summed E-state index contributed by atoms with van der Waals surface area (Å²) in [6, 6.07) is 10.3. The van der Waals surface area contributed by atoms with Gasteiger partial charge in [-0.1, -0.05) is 38.8 Å². The van der Waals surface area contributed by atoms with Crippen molar-refractivity contribution >= 4 is 62.7 Å². The summed E-state index contributed by atoms with van der Waals surface area (Å²) in [5.74, 6) is 0.00823. The van der Waals surface area contributed by atoms with Crippen molar-refractivity contribution in [1.29, 1.82) is 0 Å². The lowest BCUT2D eigenvalue weighted by molar-refractivity contribution is -0.164. The number of ether oxygens (including phenoxy) is 2. The number of nitrogens with zero attached hydrogens (tertiary/aromatic N) is 2. The zero-order valence-corrected chi connectivity index (χ0v) is 26.7. The highest BCUT2D eigenvalue weighted by molar-refractivity contribution is 14.2. The van der Waals surface area contributed by atoms with Gasteiger partial charge in [0, 0.05) is 28.9 Å². The Morgan fingerprint density at radius 1 is 1.13 bits per heavy atom. The fourth-order valence-electron chi connectivity index (χ4n) is 5.23. The molecule has 2 heterocycles. The second-order valence-corrected chi connectivity index (χ2v) is 15.2. The van der Waals surface area contributed by atoms with E-state index in [1.54, 1.807) is 4.31 Å². The van der Waals surface area contributed by atoms with Crippen LogP contribution in [0, 0.1) is 20.8 Å². The Hall–Kier alpha value is -1.76. The largest absolute Gasteiger partial charge is 0.467 e. The highest BCUT2D eigenvalue weighted by Gasteiger charge is 2.38. The average molecular weight is 671 g/mol. The van der Waals surface area contributed by atoms with Crippen LogP contribution in [0.2, 0.25) is 0 Å². The van der Waals surface area contributed by atoms with Gasteiger partial charge in [0.1, 0.15) is 0 Å². The number of hydrogen-bond acceptors (Lipinski definition) is 6. The summed E-state index contributed by atoms with van der Waals surface area (Å²) >= 11 is 2.13. The molecular weight excluding hydrogens is 635 g/mol. The van der Waals surface area contributed by atoms with Gasteiger partial charge in [-0.15, -0.1) is 0 Å². The minimum atomic E-state index is -3.60. The van der Waals surface area contributed by atoms with Gasteiger partial charge in [0.25, 0.3) is 0 Å². The molecule has 0 radical (unpaired) electrons. The Labute approximate surface area is 241 Å². The Kier molecular flexibility index (Phi) is 8.47. The number of anilines is 1. The summed E-state index contributed by atoms with van der Waals surface area (Å²) in [5.41, 5.74) is 6.14. The zero-order chi connectivity index (χ0) is 28.0. The van der Waals surface area contributed by atoms with Crippen molar-refractivity contribution < 1.29 is 22.7 Å². The molecular formula is C28H35IN2O5S2. The lowest BCUT2D eigenvalue weighted by atomic mass is 9.87. The summed E-state index contributed by atoms with van der Waals surface area (Å²) < 4.78 is 42.6. The van der Waals surface area contributed by atoms with Crippen molar-refractivity contribution in [2.24, 2.45) is 0 Å². The minimum absolute atomic E-state index is 0.0369. The quantitative estimate of drug-likeness (QED) is 0.201. The molecule has 0 saturated heterocycles. The molecule has 0 unspecified atom stereocenters. The van der Waals surface area contributed by atoms with E-state index in [1.165, 1.54) is 16.0 Å². The number of carbonyl (C=O) groups excluding carboxylic acids is 1. The first-order valence-corrected chi connectivity index (χ1v) is 17.7. The van der Waals surface area contributed by atoms with Gasteiger partial charge in [-0.05, 0) is 85.5 Å². The monoisotopic (exact) mass is 670 g/mol. The zero-order valence-electron chi connectivity index (χ0n) is 22.9. The molecule has 2 aromatic carbocycles. The number of esters is 1. The molecule has 3 aromatic rings. The maximum atomic E-state index is 13.6. The molecule has 1 aliphatic heterocycles. The van der Waals surface area contributed by atoms with Gasteiger partial charge in [0.15, 0.2) is 6.10 Å². The lowest BCUT2D eigenvalue weighted by Gasteiger charge is -2.35. The fourth-order valence-corrected chi connectivity index (χ4v) is 9.02. The second kappa shape index (κ2) is 11.0. The van der Waals surface area contributed by atoms with Gasteiger partial charge in [-0.2, -0.15) is 0 Å². The smallest absolute Gasteiger partial charge is 0.339 e. The van der Waals surface area contributed by atoms with Crippen LogP contribution < -0.4 is 4.31 Å². The second-order valence-electron chi connectivity index (χ2n) is 10.7. The van der Waals surface area contributed by atoms with Crippen molar-refractivity contribution in [3.63, 3.8) is 0 Å². The summed E-state index contributed by atoms with van der Waals surface area (Å²) in [7, 11) is -0.767. The summed E-state index contributed by atoms with van der Waals surface area (Å²) in [6.07, 6.45) is -1.04. The molecule has 38 heavy (non-hydrogen) atoms. The van der Waals surface area contributed by atoms with E-state index < -0.39 is 27.7 Å². The van der Waals surface area contributed by atoms with Crippen LogP contribution in [-0.2, 0) is 30.8 Å². The number of halogens is 1. The molecule has 1 aromatic heterocycles. The number of rotatable bonds is 8. The molecule has 0 bridgehead atoms. The highest BCUT2D eigenvalue weighted by Crippen LogP contribution is 2.48. The van der Waals surface area contributed by atoms with Gasteiger partial charge in [-0.3, -0.25) is 4.31 Å². The standard InChI is InChI=1S/C28H35IN2O5S2/c1-17-8-10-20(11-9-17)23-21-16-18(2)30-12-13-31(38(33,34)15-14-37-29)24(25(21)30)19(3)22(23)26(27(32)35-7)36-28(4,5)6/h8-11,16,26H,12-15H2,1-7H3/t26-/m0/s1. The molecule has 0 saturated carbocycles. The topological polar surface area (TPSA) is 77.8 Å². The average Bonchev–Trinajstić information content (AvgIpc) is 3.19. The summed E-state index contributed by atoms with van der Waals surface area (Å²) in [6.45, 7) is 12.5. The van der Waals surface area contributed by atoms with Crippen LogP contribution in [0.3, 0.4) is 0 Å². The Bertz CT molecular complexity index is 1470. The van der Waals surface area contributed by atoms with Crippen LogP contribution in [0.25, 0.3) is 22.0 Å². The molecule has 0 spiro atoms. The third kappa shape index (κ3) is 5.46. The van der Waals surface area contributed by atoms with Crippen LogP contribution in [0.5, 0.6) is 0 Å². The van der Waals surface area contributed by atoms with Gasteiger partial charge in [-0.25, -0.2) is 13.2 Å². The number of benzene rings is 2. The molecule has 4 rings (SSSR count). The van der Waals surface area contributed by atoms with E-state index in [1.807, 2.05) is 65.8 Å². The molecule has 7 nitrogen and oxygen atoms in total. The lowest BCUT2D eigenvalue weighted by Crippen LogP contribution is -2.40. The maximum Gasteiger partial charge on any atom is 0.339 e. The third-order valence-electron chi connectivity index (χ3n) is 6.85. The predicted molar refractivity (Wildman–Crippen MR) is 165 cm³/mol. The third-order valence-corrected chi connectivity index (χ3v) is 10.5. The maximum absolute atomic E-state index is 13.6. The number of sulfonamides is 1. The molecule has 0 amide bonds. The first-order chi connectivity index (χ1) is 17.8. The minimum Gasteiger partial charge on any atom is -0.467 e. The molecule has 1 aliphatic rings.